The molecule has 0 spiro atoms. The Morgan fingerprint density at radius 2 is 2.00 bits per heavy atom. The standard InChI is InChI=1S/C12H12N4O2S/c17-19(18,16-12-2-1-5-14-15-12)11-4-3-9-7-13-8-10(9)6-11/h1-6,13H,7-8H2,(H,15,16). The monoisotopic (exact) mass is 276 g/mol. The van der Waals surface area contributed by atoms with Gasteiger partial charge in [-0.2, -0.15) is 5.10 Å². The summed E-state index contributed by atoms with van der Waals surface area (Å²) < 4.78 is 26.8. The summed E-state index contributed by atoms with van der Waals surface area (Å²) in [6.07, 6.45) is 1.48. The van der Waals surface area contributed by atoms with Gasteiger partial charge in [0.15, 0.2) is 5.82 Å². The minimum absolute atomic E-state index is 0.209. The zero-order chi connectivity index (χ0) is 13.3. The molecule has 0 unspecified atom stereocenters. The summed E-state index contributed by atoms with van der Waals surface area (Å²) in [4.78, 5) is 0.237. The van der Waals surface area contributed by atoms with E-state index in [2.05, 4.69) is 20.2 Å². The van der Waals surface area contributed by atoms with Crippen molar-refractivity contribution < 1.29 is 8.42 Å². The van der Waals surface area contributed by atoms with Gasteiger partial charge in [0.05, 0.1) is 4.90 Å². The van der Waals surface area contributed by atoms with E-state index in [9.17, 15) is 8.42 Å². The lowest BCUT2D eigenvalue weighted by atomic mass is 10.1. The third-order valence-electron chi connectivity index (χ3n) is 2.93. The minimum Gasteiger partial charge on any atom is -0.309 e. The Kier molecular flexibility index (Phi) is 2.92. The third-order valence-corrected chi connectivity index (χ3v) is 4.28. The molecule has 0 saturated heterocycles. The fourth-order valence-electron chi connectivity index (χ4n) is 1.99. The topological polar surface area (TPSA) is 84.0 Å². The van der Waals surface area contributed by atoms with E-state index in [4.69, 9.17) is 0 Å². The van der Waals surface area contributed by atoms with Crippen molar-refractivity contribution in [1.29, 1.82) is 0 Å². The molecule has 0 fully saturated rings. The third kappa shape index (κ3) is 2.42. The second-order valence-electron chi connectivity index (χ2n) is 4.25. The van der Waals surface area contributed by atoms with Gasteiger partial charge in [0.1, 0.15) is 0 Å². The van der Waals surface area contributed by atoms with Gasteiger partial charge < -0.3 is 5.32 Å². The molecule has 7 heteroatoms. The first-order chi connectivity index (χ1) is 9.15. The zero-order valence-corrected chi connectivity index (χ0v) is 10.8. The quantitative estimate of drug-likeness (QED) is 0.869. The van der Waals surface area contributed by atoms with Gasteiger partial charge in [0.25, 0.3) is 10.0 Å². The lowest BCUT2D eigenvalue weighted by Crippen LogP contribution is -2.14. The van der Waals surface area contributed by atoms with Crippen LogP contribution in [0.2, 0.25) is 0 Å². The SMILES string of the molecule is O=S(=O)(Nc1cccnn1)c1ccc2c(c1)CNC2. The smallest absolute Gasteiger partial charge is 0.263 e. The van der Waals surface area contributed by atoms with Crippen molar-refractivity contribution in [2.75, 3.05) is 4.72 Å². The van der Waals surface area contributed by atoms with Gasteiger partial charge >= 0.3 is 0 Å². The summed E-state index contributed by atoms with van der Waals surface area (Å²) in [5.41, 5.74) is 2.15. The molecule has 1 aliphatic heterocycles. The first-order valence-corrected chi connectivity index (χ1v) is 7.26. The molecule has 0 aliphatic carbocycles. The highest BCUT2D eigenvalue weighted by atomic mass is 32.2. The summed E-state index contributed by atoms with van der Waals surface area (Å²) in [5.74, 6) is 0.209. The largest absolute Gasteiger partial charge is 0.309 e. The van der Waals surface area contributed by atoms with Gasteiger partial charge in [-0.1, -0.05) is 6.07 Å². The van der Waals surface area contributed by atoms with E-state index in [1.807, 2.05) is 6.07 Å². The molecule has 1 aliphatic rings. The molecule has 19 heavy (non-hydrogen) atoms. The molecule has 6 nitrogen and oxygen atoms in total. The van der Waals surface area contributed by atoms with Crippen molar-refractivity contribution in [2.45, 2.75) is 18.0 Å². The van der Waals surface area contributed by atoms with E-state index >= 15 is 0 Å². The van der Waals surface area contributed by atoms with E-state index in [-0.39, 0.29) is 10.7 Å². The maximum Gasteiger partial charge on any atom is 0.263 e. The summed E-state index contributed by atoms with van der Waals surface area (Å²) in [7, 11) is -3.62. The molecule has 0 saturated carbocycles. The van der Waals surface area contributed by atoms with E-state index in [1.165, 1.54) is 6.20 Å². The Morgan fingerprint density at radius 1 is 1.16 bits per heavy atom. The number of sulfonamides is 1. The van der Waals surface area contributed by atoms with E-state index in [0.29, 0.717) is 6.54 Å². The van der Waals surface area contributed by atoms with Crippen LogP contribution in [-0.4, -0.2) is 18.6 Å². The molecular formula is C12H12N4O2S. The fraction of sp³-hybridized carbons (Fsp3) is 0.167. The van der Waals surface area contributed by atoms with E-state index in [0.717, 1.165) is 17.7 Å². The normalized spacial score (nSPS) is 14.1. The average molecular weight is 276 g/mol. The van der Waals surface area contributed by atoms with Gasteiger partial charge in [0.2, 0.25) is 0 Å². The average Bonchev–Trinajstić information content (AvgIpc) is 2.86. The van der Waals surface area contributed by atoms with E-state index in [1.54, 1.807) is 24.3 Å². The second-order valence-corrected chi connectivity index (χ2v) is 5.93. The van der Waals surface area contributed by atoms with Crippen LogP contribution in [0.3, 0.4) is 0 Å². The number of anilines is 1. The summed E-state index contributed by atoms with van der Waals surface area (Å²) in [5, 5.41) is 10.5. The molecule has 2 N–H and O–H groups in total. The number of nitrogens with one attached hydrogen (secondary N) is 2. The lowest BCUT2D eigenvalue weighted by Gasteiger charge is -2.07. The molecule has 0 atom stereocenters. The molecule has 98 valence electrons. The fourth-order valence-corrected chi connectivity index (χ4v) is 3.04. The Hall–Kier alpha value is -1.99. The first kappa shape index (κ1) is 12.1. The van der Waals surface area contributed by atoms with E-state index < -0.39 is 10.0 Å². The Morgan fingerprint density at radius 3 is 2.79 bits per heavy atom. The Balaban J connectivity index is 1.92. The number of nitrogens with zero attached hydrogens (tertiary/aromatic N) is 2. The molecule has 2 heterocycles. The molecule has 0 radical (unpaired) electrons. The maximum absolute atomic E-state index is 12.2. The van der Waals surface area contributed by atoms with Crippen molar-refractivity contribution in [1.82, 2.24) is 15.5 Å². The molecule has 3 rings (SSSR count). The second kappa shape index (κ2) is 4.60. The van der Waals surface area contributed by atoms with Crippen LogP contribution in [0.25, 0.3) is 0 Å². The molecule has 1 aromatic heterocycles. The van der Waals surface area contributed by atoms with Crippen LogP contribution in [-0.2, 0) is 23.1 Å². The van der Waals surface area contributed by atoms with Crippen LogP contribution in [0, 0.1) is 0 Å². The maximum atomic E-state index is 12.2. The number of fused-ring (bicyclic) bond motifs is 1. The van der Waals surface area contributed by atoms with Crippen molar-refractivity contribution >= 4 is 15.8 Å². The van der Waals surface area contributed by atoms with Crippen molar-refractivity contribution in [2.24, 2.45) is 0 Å². The summed E-state index contributed by atoms with van der Waals surface area (Å²) >= 11 is 0. The van der Waals surface area contributed by atoms with Crippen LogP contribution >= 0.6 is 0 Å². The number of aromatic nitrogens is 2. The molecular weight excluding hydrogens is 264 g/mol. The van der Waals surface area contributed by atoms with Gasteiger partial charge in [0, 0.05) is 19.3 Å². The first-order valence-electron chi connectivity index (χ1n) is 5.78. The predicted molar refractivity (Wildman–Crippen MR) is 69.8 cm³/mol. The van der Waals surface area contributed by atoms with Crippen LogP contribution in [0.5, 0.6) is 0 Å². The predicted octanol–water partition coefficient (Wildman–Crippen LogP) is 0.881. The summed E-state index contributed by atoms with van der Waals surface area (Å²) in [6.45, 7) is 1.48. The molecule has 1 aromatic carbocycles. The minimum atomic E-state index is -3.62. The molecule has 2 aromatic rings. The van der Waals surface area contributed by atoms with Gasteiger partial charge in [-0.15, -0.1) is 5.10 Å². The van der Waals surface area contributed by atoms with Crippen LogP contribution in [0.4, 0.5) is 5.82 Å². The van der Waals surface area contributed by atoms with Crippen LogP contribution < -0.4 is 10.0 Å². The van der Waals surface area contributed by atoms with Gasteiger partial charge in [-0.05, 0) is 35.4 Å². The number of hydrogen-bond donors (Lipinski definition) is 2. The van der Waals surface area contributed by atoms with Crippen molar-refractivity contribution in [3.05, 3.63) is 47.7 Å². The highest BCUT2D eigenvalue weighted by molar-refractivity contribution is 7.92. The Labute approximate surface area is 110 Å². The summed E-state index contributed by atoms with van der Waals surface area (Å²) in [6, 6.07) is 8.30. The number of hydrogen-bond acceptors (Lipinski definition) is 5. The van der Waals surface area contributed by atoms with Crippen LogP contribution in [0.15, 0.2) is 41.4 Å². The highest BCUT2D eigenvalue weighted by Crippen LogP contribution is 2.21. The number of rotatable bonds is 3. The molecule has 0 bridgehead atoms. The number of benzene rings is 1. The zero-order valence-electron chi connectivity index (χ0n) is 10.00. The van der Waals surface area contributed by atoms with Crippen LogP contribution in [0.1, 0.15) is 11.1 Å². The highest BCUT2D eigenvalue weighted by Gasteiger charge is 2.18. The Bertz CT molecular complexity index is 701. The van der Waals surface area contributed by atoms with Crippen molar-refractivity contribution in [3.63, 3.8) is 0 Å². The van der Waals surface area contributed by atoms with Gasteiger partial charge in [-0.25, -0.2) is 8.42 Å². The molecule has 0 amide bonds. The lowest BCUT2D eigenvalue weighted by molar-refractivity contribution is 0.601. The van der Waals surface area contributed by atoms with Crippen molar-refractivity contribution in [3.8, 4) is 0 Å². The van der Waals surface area contributed by atoms with Gasteiger partial charge in [-0.3, -0.25) is 4.72 Å².